The number of ether oxygens (including phenoxy) is 1. The SMILES string of the molecule is COc1cccc(N2CC(NC3CSCCSC3)CC2=O)c1. The molecule has 2 saturated heterocycles. The van der Waals surface area contributed by atoms with Gasteiger partial charge in [-0.1, -0.05) is 6.07 Å². The van der Waals surface area contributed by atoms with Crippen molar-refractivity contribution in [2.45, 2.75) is 18.5 Å². The molecule has 4 nitrogen and oxygen atoms in total. The smallest absolute Gasteiger partial charge is 0.228 e. The zero-order valence-electron chi connectivity index (χ0n) is 12.8. The fourth-order valence-electron chi connectivity index (χ4n) is 2.89. The number of thioether (sulfide) groups is 2. The lowest BCUT2D eigenvalue weighted by atomic mass is 10.2. The Bertz CT molecular complexity index is 519. The molecule has 0 spiro atoms. The van der Waals surface area contributed by atoms with E-state index in [9.17, 15) is 4.79 Å². The van der Waals surface area contributed by atoms with E-state index in [1.807, 2.05) is 52.7 Å². The first-order valence-corrected chi connectivity index (χ1v) is 9.93. The van der Waals surface area contributed by atoms with Crippen LogP contribution in [0.15, 0.2) is 24.3 Å². The number of carbonyl (C=O) groups excluding carboxylic acids is 1. The van der Waals surface area contributed by atoms with Crippen LogP contribution >= 0.6 is 23.5 Å². The summed E-state index contributed by atoms with van der Waals surface area (Å²) in [7, 11) is 1.65. The lowest BCUT2D eigenvalue weighted by Crippen LogP contribution is -2.42. The summed E-state index contributed by atoms with van der Waals surface area (Å²) in [6.07, 6.45) is 0.586. The highest BCUT2D eigenvalue weighted by Crippen LogP contribution is 2.26. The number of hydrogen-bond donors (Lipinski definition) is 1. The second kappa shape index (κ2) is 7.62. The van der Waals surface area contributed by atoms with E-state index in [0.29, 0.717) is 12.5 Å². The van der Waals surface area contributed by atoms with Gasteiger partial charge in [0.1, 0.15) is 5.75 Å². The van der Waals surface area contributed by atoms with E-state index < -0.39 is 0 Å². The summed E-state index contributed by atoms with van der Waals surface area (Å²) in [4.78, 5) is 14.2. The predicted molar refractivity (Wildman–Crippen MR) is 95.3 cm³/mol. The summed E-state index contributed by atoms with van der Waals surface area (Å²) in [6.45, 7) is 0.748. The molecule has 1 unspecified atom stereocenters. The Morgan fingerprint density at radius 1 is 1.23 bits per heavy atom. The molecule has 1 aromatic carbocycles. The lowest BCUT2D eigenvalue weighted by Gasteiger charge is -2.21. The largest absolute Gasteiger partial charge is 0.497 e. The van der Waals surface area contributed by atoms with Crippen LogP contribution < -0.4 is 15.0 Å². The average Bonchev–Trinajstić information content (AvgIpc) is 2.74. The first-order chi connectivity index (χ1) is 10.8. The topological polar surface area (TPSA) is 41.6 Å². The molecule has 0 radical (unpaired) electrons. The zero-order chi connectivity index (χ0) is 15.4. The molecule has 120 valence electrons. The molecule has 22 heavy (non-hydrogen) atoms. The molecule has 0 aliphatic carbocycles. The molecule has 2 heterocycles. The molecule has 1 atom stereocenters. The molecule has 0 aromatic heterocycles. The maximum absolute atomic E-state index is 12.3. The third-order valence-corrected chi connectivity index (χ3v) is 6.49. The van der Waals surface area contributed by atoms with E-state index in [4.69, 9.17) is 4.74 Å². The van der Waals surface area contributed by atoms with Gasteiger partial charge in [-0.15, -0.1) is 0 Å². The number of hydrogen-bond acceptors (Lipinski definition) is 5. The summed E-state index contributed by atoms with van der Waals surface area (Å²) in [5.74, 6) is 5.76. The van der Waals surface area contributed by atoms with Crippen LogP contribution in [0.3, 0.4) is 0 Å². The number of amides is 1. The normalized spacial score (nSPS) is 23.6. The second-order valence-corrected chi connectivity index (χ2v) is 7.92. The molecule has 2 aliphatic heterocycles. The van der Waals surface area contributed by atoms with Gasteiger partial charge in [-0.3, -0.25) is 4.79 Å². The van der Waals surface area contributed by atoms with Gasteiger partial charge in [0, 0.05) is 59.8 Å². The highest BCUT2D eigenvalue weighted by Gasteiger charge is 2.32. The van der Waals surface area contributed by atoms with E-state index in [2.05, 4.69) is 5.32 Å². The first-order valence-electron chi connectivity index (χ1n) is 7.62. The molecule has 3 rings (SSSR count). The molecule has 2 fully saturated rings. The Morgan fingerprint density at radius 3 is 2.73 bits per heavy atom. The van der Waals surface area contributed by atoms with Crippen LogP contribution in [0.2, 0.25) is 0 Å². The minimum atomic E-state index is 0.194. The van der Waals surface area contributed by atoms with Gasteiger partial charge in [-0.2, -0.15) is 23.5 Å². The second-order valence-electron chi connectivity index (χ2n) is 5.62. The molecule has 1 amide bonds. The number of nitrogens with zero attached hydrogens (tertiary/aromatic N) is 1. The molecule has 2 aliphatic rings. The van der Waals surface area contributed by atoms with Crippen molar-refractivity contribution in [2.24, 2.45) is 0 Å². The maximum atomic E-state index is 12.3. The fraction of sp³-hybridized carbons (Fsp3) is 0.562. The Labute approximate surface area is 140 Å². The van der Waals surface area contributed by atoms with Crippen molar-refractivity contribution in [3.05, 3.63) is 24.3 Å². The Balaban J connectivity index is 1.62. The van der Waals surface area contributed by atoms with Crippen molar-refractivity contribution in [3.8, 4) is 5.75 Å². The van der Waals surface area contributed by atoms with Crippen LogP contribution in [-0.2, 0) is 4.79 Å². The standard InChI is InChI=1S/C16H22N2O2S2/c1-20-15-4-2-3-14(8-15)18-9-12(7-16(18)19)17-13-10-21-5-6-22-11-13/h2-4,8,12-13,17H,5-7,9-11H2,1H3. The fourth-order valence-corrected chi connectivity index (χ4v) is 5.32. The van der Waals surface area contributed by atoms with Crippen LogP contribution in [0.5, 0.6) is 5.75 Å². The molecule has 0 saturated carbocycles. The summed E-state index contributed by atoms with van der Waals surface area (Å²) < 4.78 is 5.25. The van der Waals surface area contributed by atoms with E-state index >= 15 is 0 Å². The van der Waals surface area contributed by atoms with Gasteiger partial charge >= 0.3 is 0 Å². The van der Waals surface area contributed by atoms with Crippen LogP contribution in [0, 0.1) is 0 Å². The van der Waals surface area contributed by atoms with Gasteiger partial charge < -0.3 is 15.0 Å². The van der Waals surface area contributed by atoms with Gasteiger partial charge in [0.2, 0.25) is 5.91 Å². The maximum Gasteiger partial charge on any atom is 0.228 e. The average molecular weight is 338 g/mol. The van der Waals surface area contributed by atoms with E-state index in [1.165, 1.54) is 11.5 Å². The van der Waals surface area contributed by atoms with Crippen LogP contribution in [0.1, 0.15) is 6.42 Å². The number of anilines is 1. The zero-order valence-corrected chi connectivity index (χ0v) is 14.4. The Kier molecular flexibility index (Phi) is 5.55. The van der Waals surface area contributed by atoms with Crippen molar-refractivity contribution in [1.82, 2.24) is 5.32 Å². The lowest BCUT2D eigenvalue weighted by molar-refractivity contribution is -0.117. The third kappa shape index (κ3) is 3.91. The summed E-state index contributed by atoms with van der Waals surface area (Å²) >= 11 is 4.02. The van der Waals surface area contributed by atoms with E-state index in [0.717, 1.165) is 29.5 Å². The van der Waals surface area contributed by atoms with E-state index in [-0.39, 0.29) is 11.9 Å². The monoisotopic (exact) mass is 338 g/mol. The number of carbonyl (C=O) groups is 1. The highest BCUT2D eigenvalue weighted by molar-refractivity contribution is 8.03. The van der Waals surface area contributed by atoms with Crippen LogP contribution in [0.25, 0.3) is 0 Å². The van der Waals surface area contributed by atoms with Crippen molar-refractivity contribution in [3.63, 3.8) is 0 Å². The number of rotatable bonds is 4. The minimum absolute atomic E-state index is 0.194. The quantitative estimate of drug-likeness (QED) is 0.912. The van der Waals surface area contributed by atoms with Crippen LogP contribution in [0.4, 0.5) is 5.69 Å². The third-order valence-electron chi connectivity index (χ3n) is 3.97. The van der Waals surface area contributed by atoms with Gasteiger partial charge in [-0.25, -0.2) is 0 Å². The molecular weight excluding hydrogens is 316 g/mol. The molecular formula is C16H22N2O2S2. The molecule has 0 bridgehead atoms. The van der Waals surface area contributed by atoms with Crippen molar-refractivity contribution in [2.75, 3.05) is 41.6 Å². The van der Waals surface area contributed by atoms with Crippen molar-refractivity contribution >= 4 is 35.1 Å². The van der Waals surface area contributed by atoms with Gasteiger partial charge in [0.15, 0.2) is 0 Å². The van der Waals surface area contributed by atoms with Gasteiger partial charge in [0.25, 0.3) is 0 Å². The van der Waals surface area contributed by atoms with Gasteiger partial charge in [-0.05, 0) is 12.1 Å². The van der Waals surface area contributed by atoms with E-state index in [1.54, 1.807) is 7.11 Å². The highest BCUT2D eigenvalue weighted by atomic mass is 32.2. The summed E-state index contributed by atoms with van der Waals surface area (Å²) in [5.41, 5.74) is 0.929. The van der Waals surface area contributed by atoms with Crippen molar-refractivity contribution in [1.29, 1.82) is 0 Å². The molecule has 1 N–H and O–H groups in total. The predicted octanol–water partition coefficient (Wildman–Crippen LogP) is 2.24. The number of methoxy groups -OCH3 is 1. The number of benzene rings is 1. The summed E-state index contributed by atoms with van der Waals surface area (Å²) in [6, 6.07) is 8.50. The molecule has 1 aromatic rings. The first kappa shape index (κ1) is 16.0. The number of nitrogens with one attached hydrogen (secondary N) is 1. The van der Waals surface area contributed by atoms with Crippen LogP contribution in [-0.4, -0.2) is 54.7 Å². The Hall–Kier alpha value is -0.850. The van der Waals surface area contributed by atoms with Crippen molar-refractivity contribution < 1.29 is 9.53 Å². The summed E-state index contributed by atoms with van der Waals surface area (Å²) in [5, 5.41) is 3.68. The Morgan fingerprint density at radius 2 is 2.00 bits per heavy atom. The van der Waals surface area contributed by atoms with Gasteiger partial charge in [0.05, 0.1) is 7.11 Å². The minimum Gasteiger partial charge on any atom is -0.497 e. The molecule has 6 heteroatoms.